The van der Waals surface area contributed by atoms with E-state index in [1.807, 2.05) is 28.8 Å². The van der Waals surface area contributed by atoms with Crippen LogP contribution in [0.2, 0.25) is 0 Å². The summed E-state index contributed by atoms with van der Waals surface area (Å²) in [4.78, 5) is 24.6. The topological polar surface area (TPSA) is 105 Å². The molecule has 0 radical (unpaired) electrons. The van der Waals surface area contributed by atoms with Crippen molar-refractivity contribution < 1.29 is 23.8 Å². The Balaban J connectivity index is 1.58. The number of allylic oxidation sites excluding steroid dienone is 1. The van der Waals surface area contributed by atoms with Gasteiger partial charge in [-0.25, -0.2) is 4.79 Å². The van der Waals surface area contributed by atoms with Crippen LogP contribution in [0.5, 0.6) is 11.5 Å². The number of benzene rings is 2. The molecule has 9 nitrogen and oxygen atoms in total. The summed E-state index contributed by atoms with van der Waals surface area (Å²) in [5.41, 5.74) is 0.881. The predicted molar refractivity (Wildman–Crippen MR) is 134 cm³/mol. The fourth-order valence-corrected chi connectivity index (χ4v) is 3.76. The van der Waals surface area contributed by atoms with Crippen LogP contribution in [-0.2, 0) is 22.7 Å². The molecule has 2 aromatic carbocycles. The molecule has 1 heterocycles. The molecule has 10 heteroatoms. The van der Waals surface area contributed by atoms with Crippen molar-refractivity contribution in [2.45, 2.75) is 38.3 Å². The lowest BCUT2D eigenvalue weighted by atomic mass is 10.2. The Kier molecular flexibility index (Phi) is 9.31. The minimum Gasteiger partial charge on any atom is -0.497 e. The number of aromatic nitrogens is 3. The summed E-state index contributed by atoms with van der Waals surface area (Å²) >= 11 is 1.25. The molecule has 0 aliphatic rings. The van der Waals surface area contributed by atoms with Crippen molar-refractivity contribution in [1.29, 1.82) is 0 Å². The normalized spacial score (nSPS) is 10.6. The molecular weight excluding hydrogens is 468 g/mol. The number of thioether (sulfide) groups is 1. The van der Waals surface area contributed by atoms with Gasteiger partial charge in [-0.1, -0.05) is 23.9 Å². The molecule has 0 fully saturated rings. The highest BCUT2D eigenvalue weighted by molar-refractivity contribution is 7.99. The van der Waals surface area contributed by atoms with Crippen molar-refractivity contribution in [2.24, 2.45) is 0 Å². The smallest absolute Gasteiger partial charge is 0.338 e. The zero-order chi connectivity index (χ0) is 25.2. The molecule has 0 aliphatic carbocycles. The zero-order valence-corrected chi connectivity index (χ0v) is 20.7. The predicted octanol–water partition coefficient (Wildman–Crippen LogP) is 4.35. The molecule has 0 saturated carbocycles. The maximum atomic E-state index is 12.5. The molecule has 0 unspecified atom stereocenters. The first-order valence-corrected chi connectivity index (χ1v) is 11.9. The van der Waals surface area contributed by atoms with Gasteiger partial charge in [0.2, 0.25) is 5.91 Å². The number of carbonyl (C=O) groups is 2. The lowest BCUT2D eigenvalue weighted by Crippen LogP contribution is -2.16. The standard InChI is InChI=1S/C25H28N4O5S/c1-5-13-29-22(15-33-21-11-9-20(32-4)10-12-21)27-28-25(29)35-16-23(30)26-19-8-6-7-18(14-19)24(31)34-17(2)3/h5-12,14,17H,1,13,15-16H2,2-4H3,(H,26,30). The van der Waals surface area contributed by atoms with Gasteiger partial charge in [0, 0.05) is 12.2 Å². The van der Waals surface area contributed by atoms with E-state index in [9.17, 15) is 9.59 Å². The van der Waals surface area contributed by atoms with Gasteiger partial charge < -0.3 is 19.5 Å². The molecule has 3 rings (SSSR count). The van der Waals surface area contributed by atoms with Gasteiger partial charge >= 0.3 is 5.97 Å². The molecule has 1 amide bonds. The van der Waals surface area contributed by atoms with E-state index in [4.69, 9.17) is 14.2 Å². The Bertz CT molecular complexity index is 1160. The van der Waals surface area contributed by atoms with Gasteiger partial charge in [-0.3, -0.25) is 9.36 Å². The van der Waals surface area contributed by atoms with Crippen LogP contribution in [-0.4, -0.2) is 45.6 Å². The number of esters is 1. The van der Waals surface area contributed by atoms with E-state index in [2.05, 4.69) is 22.1 Å². The highest BCUT2D eigenvalue weighted by Gasteiger charge is 2.15. The van der Waals surface area contributed by atoms with Crippen LogP contribution in [0.25, 0.3) is 0 Å². The lowest BCUT2D eigenvalue weighted by molar-refractivity contribution is -0.113. The number of ether oxygens (including phenoxy) is 3. The van der Waals surface area contributed by atoms with Crippen molar-refractivity contribution in [3.8, 4) is 11.5 Å². The van der Waals surface area contributed by atoms with E-state index in [0.717, 1.165) is 5.75 Å². The monoisotopic (exact) mass is 496 g/mol. The second-order valence-electron chi connectivity index (χ2n) is 7.63. The van der Waals surface area contributed by atoms with E-state index in [-0.39, 0.29) is 24.4 Å². The summed E-state index contributed by atoms with van der Waals surface area (Å²) in [6.07, 6.45) is 1.50. The Morgan fingerprint density at radius 1 is 1.14 bits per heavy atom. The van der Waals surface area contributed by atoms with Gasteiger partial charge in [-0.2, -0.15) is 0 Å². The molecule has 1 N–H and O–H groups in total. The molecule has 0 aliphatic heterocycles. The number of hydrogen-bond acceptors (Lipinski definition) is 8. The Labute approximate surface area is 208 Å². The highest BCUT2D eigenvalue weighted by atomic mass is 32.2. The van der Waals surface area contributed by atoms with Gasteiger partial charge in [0.15, 0.2) is 11.0 Å². The summed E-state index contributed by atoms with van der Waals surface area (Å²) < 4.78 is 18.0. The first-order chi connectivity index (χ1) is 16.9. The van der Waals surface area contributed by atoms with E-state index in [1.165, 1.54) is 11.8 Å². The van der Waals surface area contributed by atoms with Crippen molar-refractivity contribution in [2.75, 3.05) is 18.2 Å². The van der Waals surface area contributed by atoms with Crippen LogP contribution >= 0.6 is 11.8 Å². The molecule has 0 saturated heterocycles. The van der Waals surface area contributed by atoms with Crippen LogP contribution in [0.1, 0.15) is 30.0 Å². The Morgan fingerprint density at radius 3 is 2.57 bits per heavy atom. The van der Waals surface area contributed by atoms with E-state index in [0.29, 0.717) is 34.5 Å². The summed E-state index contributed by atoms with van der Waals surface area (Å²) in [5.74, 6) is 1.45. The van der Waals surface area contributed by atoms with Crippen molar-refractivity contribution in [3.05, 3.63) is 72.6 Å². The molecule has 0 atom stereocenters. The Hall–Kier alpha value is -3.79. The average molecular weight is 497 g/mol. The number of nitrogens with zero attached hydrogens (tertiary/aromatic N) is 3. The van der Waals surface area contributed by atoms with Crippen molar-refractivity contribution in [3.63, 3.8) is 0 Å². The third-order valence-corrected chi connectivity index (χ3v) is 5.56. The fraction of sp³-hybridized carbons (Fsp3) is 0.280. The molecule has 35 heavy (non-hydrogen) atoms. The number of rotatable bonds is 12. The van der Waals surface area contributed by atoms with Gasteiger partial charge in [0.25, 0.3) is 0 Å². The largest absolute Gasteiger partial charge is 0.497 e. The van der Waals surface area contributed by atoms with Gasteiger partial charge in [0.05, 0.1) is 24.5 Å². The minimum absolute atomic E-state index is 0.106. The van der Waals surface area contributed by atoms with Crippen LogP contribution in [0.3, 0.4) is 0 Å². The van der Waals surface area contributed by atoms with E-state index in [1.54, 1.807) is 51.3 Å². The number of nitrogens with one attached hydrogen (secondary N) is 1. The van der Waals surface area contributed by atoms with Crippen LogP contribution in [0, 0.1) is 0 Å². The number of carbonyl (C=O) groups excluding carboxylic acids is 2. The fourth-order valence-electron chi connectivity index (χ4n) is 3.00. The third kappa shape index (κ3) is 7.61. The maximum Gasteiger partial charge on any atom is 0.338 e. The average Bonchev–Trinajstić information content (AvgIpc) is 3.23. The first-order valence-electron chi connectivity index (χ1n) is 10.9. The molecule has 0 bridgehead atoms. The van der Waals surface area contributed by atoms with Crippen LogP contribution in [0.15, 0.2) is 66.3 Å². The van der Waals surface area contributed by atoms with Crippen LogP contribution in [0.4, 0.5) is 5.69 Å². The van der Waals surface area contributed by atoms with Gasteiger partial charge in [0.1, 0.15) is 18.1 Å². The molecule has 3 aromatic rings. The molecule has 0 spiro atoms. The highest BCUT2D eigenvalue weighted by Crippen LogP contribution is 2.21. The summed E-state index contributed by atoms with van der Waals surface area (Å²) in [6, 6.07) is 13.9. The quantitative estimate of drug-likeness (QED) is 0.224. The lowest BCUT2D eigenvalue weighted by Gasteiger charge is -2.10. The molecule has 1 aromatic heterocycles. The van der Waals surface area contributed by atoms with Crippen LogP contribution < -0.4 is 14.8 Å². The number of methoxy groups -OCH3 is 1. The summed E-state index contributed by atoms with van der Waals surface area (Å²) in [5, 5.41) is 11.8. The van der Waals surface area contributed by atoms with Crippen molar-refractivity contribution >= 4 is 29.3 Å². The van der Waals surface area contributed by atoms with Gasteiger partial charge in [-0.15, -0.1) is 16.8 Å². The van der Waals surface area contributed by atoms with E-state index >= 15 is 0 Å². The maximum absolute atomic E-state index is 12.5. The number of anilines is 1. The third-order valence-electron chi connectivity index (χ3n) is 4.59. The zero-order valence-electron chi connectivity index (χ0n) is 19.9. The minimum atomic E-state index is -0.438. The second-order valence-corrected chi connectivity index (χ2v) is 8.58. The second kappa shape index (κ2) is 12.6. The van der Waals surface area contributed by atoms with Gasteiger partial charge in [-0.05, 0) is 56.3 Å². The van der Waals surface area contributed by atoms with Crippen molar-refractivity contribution in [1.82, 2.24) is 14.8 Å². The molecule has 184 valence electrons. The first kappa shape index (κ1) is 25.8. The summed E-state index contributed by atoms with van der Waals surface area (Å²) in [7, 11) is 1.61. The number of hydrogen-bond donors (Lipinski definition) is 1. The number of amides is 1. The summed E-state index contributed by atoms with van der Waals surface area (Å²) in [6.45, 7) is 8.03. The SMILES string of the molecule is C=CCn1c(COc2ccc(OC)cc2)nnc1SCC(=O)Nc1cccc(C(=O)OC(C)C)c1. The van der Waals surface area contributed by atoms with E-state index < -0.39 is 5.97 Å². The Morgan fingerprint density at radius 2 is 1.89 bits per heavy atom. The molecular formula is C25H28N4O5S.